The molecule has 2 aromatic rings. The molecule has 1 aliphatic rings. The molecule has 3 rings (SSSR count). The van der Waals surface area contributed by atoms with Crippen LogP contribution in [0.5, 0.6) is 0 Å². The van der Waals surface area contributed by atoms with Crippen LogP contribution in [-0.4, -0.2) is 21.6 Å². The number of aliphatic hydroxyl groups is 1. The zero-order valence-electron chi connectivity index (χ0n) is 11.0. The molecule has 2 N–H and O–H groups in total. The molecular formula is C15H16BrN3O. The van der Waals surface area contributed by atoms with Crippen LogP contribution in [0.2, 0.25) is 0 Å². The fourth-order valence-electron chi connectivity index (χ4n) is 2.39. The fraction of sp³-hybridized carbons (Fsp3) is 0.333. The van der Waals surface area contributed by atoms with E-state index in [1.165, 1.54) is 0 Å². The lowest BCUT2D eigenvalue weighted by atomic mass is 9.89. The number of benzene rings is 1. The van der Waals surface area contributed by atoms with Gasteiger partial charge in [0.05, 0.1) is 11.0 Å². The molecule has 0 amide bonds. The SMILES string of the molecule is OC(CNc1ncc(Br)cn1)(c1ccccc1)C1CC1. The van der Waals surface area contributed by atoms with Crippen molar-refractivity contribution in [3.63, 3.8) is 0 Å². The molecule has 104 valence electrons. The summed E-state index contributed by atoms with van der Waals surface area (Å²) in [5, 5.41) is 14.2. The van der Waals surface area contributed by atoms with Gasteiger partial charge in [0.15, 0.2) is 0 Å². The van der Waals surface area contributed by atoms with Gasteiger partial charge in [-0.15, -0.1) is 0 Å². The molecule has 1 heterocycles. The van der Waals surface area contributed by atoms with Gasteiger partial charge in [0, 0.05) is 12.4 Å². The lowest BCUT2D eigenvalue weighted by Gasteiger charge is -2.29. The second-order valence-corrected chi connectivity index (χ2v) is 6.06. The average Bonchev–Trinajstić information content (AvgIpc) is 3.32. The summed E-state index contributed by atoms with van der Waals surface area (Å²) in [6.45, 7) is 0.420. The normalized spacial score (nSPS) is 17.5. The van der Waals surface area contributed by atoms with Crippen LogP contribution in [-0.2, 0) is 5.60 Å². The molecule has 1 atom stereocenters. The first-order valence-electron chi connectivity index (χ1n) is 6.68. The zero-order chi connectivity index (χ0) is 14.0. The molecule has 1 aromatic carbocycles. The third kappa shape index (κ3) is 2.83. The Bertz CT molecular complexity index is 571. The van der Waals surface area contributed by atoms with E-state index in [1.54, 1.807) is 12.4 Å². The van der Waals surface area contributed by atoms with E-state index in [0.717, 1.165) is 22.9 Å². The average molecular weight is 334 g/mol. The monoisotopic (exact) mass is 333 g/mol. The van der Waals surface area contributed by atoms with Gasteiger partial charge in [0.1, 0.15) is 5.60 Å². The Balaban J connectivity index is 1.76. The van der Waals surface area contributed by atoms with Crippen molar-refractivity contribution in [3.8, 4) is 0 Å². The third-order valence-electron chi connectivity index (χ3n) is 3.66. The van der Waals surface area contributed by atoms with Gasteiger partial charge in [-0.25, -0.2) is 9.97 Å². The smallest absolute Gasteiger partial charge is 0.222 e. The molecule has 20 heavy (non-hydrogen) atoms. The first kappa shape index (κ1) is 13.5. The zero-order valence-corrected chi connectivity index (χ0v) is 12.5. The van der Waals surface area contributed by atoms with Gasteiger partial charge in [-0.1, -0.05) is 30.3 Å². The van der Waals surface area contributed by atoms with Gasteiger partial charge in [-0.3, -0.25) is 0 Å². The van der Waals surface area contributed by atoms with Crippen LogP contribution in [0.25, 0.3) is 0 Å². The Morgan fingerprint density at radius 1 is 1.20 bits per heavy atom. The van der Waals surface area contributed by atoms with Crippen LogP contribution in [0.4, 0.5) is 5.95 Å². The van der Waals surface area contributed by atoms with E-state index >= 15 is 0 Å². The molecule has 4 nitrogen and oxygen atoms in total. The van der Waals surface area contributed by atoms with Crippen LogP contribution in [0, 0.1) is 5.92 Å². The van der Waals surface area contributed by atoms with Crippen LogP contribution >= 0.6 is 15.9 Å². The molecule has 1 unspecified atom stereocenters. The molecule has 1 aliphatic carbocycles. The predicted molar refractivity (Wildman–Crippen MR) is 81.3 cm³/mol. The molecule has 0 bridgehead atoms. The maximum Gasteiger partial charge on any atom is 0.222 e. The predicted octanol–water partition coefficient (Wildman–Crippen LogP) is 2.95. The number of nitrogens with one attached hydrogen (secondary N) is 1. The standard InChI is InChI=1S/C15H16BrN3O/c16-13-8-17-14(18-9-13)19-10-15(20,12-6-7-12)11-4-2-1-3-5-11/h1-5,8-9,12,20H,6-7,10H2,(H,17,18,19). The second-order valence-electron chi connectivity index (χ2n) is 5.14. The molecule has 0 spiro atoms. The highest BCUT2D eigenvalue weighted by molar-refractivity contribution is 9.10. The van der Waals surface area contributed by atoms with Crippen LogP contribution in [0.3, 0.4) is 0 Å². The number of hydrogen-bond acceptors (Lipinski definition) is 4. The fourth-order valence-corrected chi connectivity index (χ4v) is 2.59. The minimum atomic E-state index is -0.850. The van der Waals surface area contributed by atoms with Gasteiger partial charge in [-0.2, -0.15) is 0 Å². The highest BCUT2D eigenvalue weighted by atomic mass is 79.9. The molecule has 0 radical (unpaired) electrons. The van der Waals surface area contributed by atoms with E-state index in [9.17, 15) is 5.11 Å². The summed E-state index contributed by atoms with van der Waals surface area (Å²) in [6.07, 6.45) is 5.50. The summed E-state index contributed by atoms with van der Waals surface area (Å²) < 4.78 is 0.837. The van der Waals surface area contributed by atoms with E-state index in [1.807, 2.05) is 30.3 Å². The van der Waals surface area contributed by atoms with Gasteiger partial charge < -0.3 is 10.4 Å². The Hall–Kier alpha value is -1.46. The van der Waals surface area contributed by atoms with E-state index in [4.69, 9.17) is 0 Å². The Morgan fingerprint density at radius 2 is 1.85 bits per heavy atom. The van der Waals surface area contributed by atoms with Crippen molar-refractivity contribution >= 4 is 21.9 Å². The molecular weight excluding hydrogens is 318 g/mol. The highest BCUT2D eigenvalue weighted by Crippen LogP contribution is 2.45. The molecule has 0 saturated heterocycles. The van der Waals surface area contributed by atoms with E-state index < -0.39 is 5.60 Å². The summed E-state index contributed by atoms with van der Waals surface area (Å²) in [5.74, 6) is 0.844. The van der Waals surface area contributed by atoms with Crippen LogP contribution < -0.4 is 5.32 Å². The summed E-state index contributed by atoms with van der Waals surface area (Å²) in [5.41, 5.74) is 0.102. The summed E-state index contributed by atoms with van der Waals surface area (Å²) >= 11 is 3.30. The topological polar surface area (TPSA) is 58.0 Å². The van der Waals surface area contributed by atoms with Crippen molar-refractivity contribution in [3.05, 3.63) is 52.8 Å². The Morgan fingerprint density at radius 3 is 2.45 bits per heavy atom. The first-order chi connectivity index (χ1) is 9.68. The van der Waals surface area contributed by atoms with E-state index in [-0.39, 0.29) is 0 Å². The number of nitrogens with zero attached hydrogens (tertiary/aromatic N) is 2. The van der Waals surface area contributed by atoms with Crippen molar-refractivity contribution in [1.29, 1.82) is 0 Å². The Kier molecular flexibility index (Phi) is 3.72. The maximum absolute atomic E-state index is 11.0. The van der Waals surface area contributed by atoms with Crippen LogP contribution in [0.1, 0.15) is 18.4 Å². The lowest BCUT2D eigenvalue weighted by Crippen LogP contribution is -2.36. The van der Waals surface area contributed by atoms with Crippen molar-refractivity contribution in [2.24, 2.45) is 5.92 Å². The maximum atomic E-state index is 11.0. The van der Waals surface area contributed by atoms with Crippen LogP contribution in [0.15, 0.2) is 47.2 Å². The highest BCUT2D eigenvalue weighted by Gasteiger charge is 2.44. The largest absolute Gasteiger partial charge is 0.383 e. The minimum absolute atomic E-state index is 0.313. The van der Waals surface area contributed by atoms with E-state index in [0.29, 0.717) is 18.4 Å². The molecule has 5 heteroatoms. The van der Waals surface area contributed by atoms with Gasteiger partial charge in [0.25, 0.3) is 0 Å². The third-order valence-corrected chi connectivity index (χ3v) is 4.07. The second kappa shape index (κ2) is 5.50. The van der Waals surface area contributed by atoms with Crippen molar-refractivity contribution in [2.75, 3.05) is 11.9 Å². The minimum Gasteiger partial charge on any atom is -0.383 e. The van der Waals surface area contributed by atoms with Crippen molar-refractivity contribution in [1.82, 2.24) is 9.97 Å². The van der Waals surface area contributed by atoms with Crippen molar-refractivity contribution in [2.45, 2.75) is 18.4 Å². The molecule has 1 aromatic heterocycles. The van der Waals surface area contributed by atoms with Gasteiger partial charge in [-0.05, 0) is 40.3 Å². The quantitative estimate of drug-likeness (QED) is 0.883. The number of anilines is 1. The van der Waals surface area contributed by atoms with Crippen molar-refractivity contribution < 1.29 is 5.11 Å². The summed E-state index contributed by atoms with van der Waals surface area (Å²) in [4.78, 5) is 8.35. The van der Waals surface area contributed by atoms with Gasteiger partial charge >= 0.3 is 0 Å². The summed E-state index contributed by atoms with van der Waals surface area (Å²) in [6, 6.07) is 9.82. The van der Waals surface area contributed by atoms with E-state index in [2.05, 4.69) is 31.2 Å². The first-order valence-corrected chi connectivity index (χ1v) is 7.47. The molecule has 0 aliphatic heterocycles. The number of hydrogen-bond donors (Lipinski definition) is 2. The lowest BCUT2D eigenvalue weighted by molar-refractivity contribution is 0.0264. The number of rotatable bonds is 5. The number of aromatic nitrogens is 2. The summed E-state index contributed by atoms with van der Waals surface area (Å²) in [7, 11) is 0. The molecule has 1 saturated carbocycles. The molecule has 1 fully saturated rings. The Labute approximate surface area is 126 Å². The number of halogens is 1. The van der Waals surface area contributed by atoms with Gasteiger partial charge in [0.2, 0.25) is 5.95 Å².